The first kappa shape index (κ1) is 18.7. The Bertz CT molecular complexity index is 722. The Hall–Kier alpha value is -2.61. The minimum Gasteiger partial charge on any atom is -0.453 e. The van der Waals surface area contributed by atoms with Crippen LogP contribution in [0.5, 0.6) is 0 Å². The molecule has 0 aromatic heterocycles. The smallest absolute Gasteiger partial charge is 0.411 e. The first-order chi connectivity index (χ1) is 12.0. The summed E-state index contributed by atoms with van der Waals surface area (Å²) in [6.45, 7) is 0.297. The van der Waals surface area contributed by atoms with Crippen LogP contribution in [0.25, 0.3) is 0 Å². The average molecular weight is 366 g/mol. The van der Waals surface area contributed by atoms with Gasteiger partial charge in [-0.15, -0.1) is 0 Å². The highest BCUT2D eigenvalue weighted by atomic mass is 32.2. The van der Waals surface area contributed by atoms with E-state index >= 15 is 0 Å². The molecule has 0 unspecified atom stereocenters. The van der Waals surface area contributed by atoms with Gasteiger partial charge < -0.3 is 10.1 Å². The lowest BCUT2D eigenvalue weighted by Crippen LogP contribution is -2.22. The van der Waals surface area contributed by atoms with Crippen molar-refractivity contribution in [2.45, 2.75) is 17.2 Å². The van der Waals surface area contributed by atoms with E-state index in [9.17, 15) is 18.4 Å². The van der Waals surface area contributed by atoms with Crippen LogP contribution in [0.15, 0.2) is 53.4 Å². The van der Waals surface area contributed by atoms with Crippen LogP contribution in [0.1, 0.15) is 15.9 Å². The summed E-state index contributed by atoms with van der Waals surface area (Å²) < 4.78 is 29.0. The van der Waals surface area contributed by atoms with Crippen molar-refractivity contribution in [1.82, 2.24) is 5.32 Å². The number of thioether (sulfide) groups is 1. The van der Waals surface area contributed by atoms with Crippen LogP contribution in [0.4, 0.5) is 19.3 Å². The third kappa shape index (κ3) is 6.07. The van der Waals surface area contributed by atoms with Crippen molar-refractivity contribution in [3.05, 3.63) is 59.7 Å². The number of methoxy groups -OCH3 is 1. The Balaban J connectivity index is 1.88. The standard InChI is InChI=1S/C17H16F2N2O3S/c1-24-17(23)21-13-6-2-11(3-7-13)10-20-15(22)12-4-8-14(9-5-12)25-16(18)19/h2-9,16H,10H2,1H3,(H,20,22)(H,21,23). The number of alkyl halides is 2. The number of carbonyl (C=O) groups is 2. The van der Waals surface area contributed by atoms with Gasteiger partial charge in [0.15, 0.2) is 0 Å². The Labute approximate surface area is 147 Å². The Morgan fingerprint density at radius 3 is 2.28 bits per heavy atom. The Morgan fingerprint density at radius 2 is 1.72 bits per heavy atom. The predicted octanol–water partition coefficient (Wildman–Crippen LogP) is 4.11. The number of halogens is 2. The van der Waals surface area contributed by atoms with Gasteiger partial charge in [-0.05, 0) is 42.0 Å². The van der Waals surface area contributed by atoms with E-state index < -0.39 is 11.9 Å². The molecule has 2 aromatic rings. The highest BCUT2D eigenvalue weighted by Gasteiger charge is 2.08. The molecule has 0 heterocycles. The van der Waals surface area contributed by atoms with Gasteiger partial charge in [-0.2, -0.15) is 8.78 Å². The van der Waals surface area contributed by atoms with E-state index in [1.165, 1.54) is 31.4 Å². The Kier molecular flexibility index (Phi) is 6.76. The second kappa shape index (κ2) is 9.03. The zero-order valence-electron chi connectivity index (χ0n) is 13.3. The lowest BCUT2D eigenvalue weighted by molar-refractivity contribution is 0.0951. The van der Waals surface area contributed by atoms with Crippen LogP contribution in [-0.4, -0.2) is 24.9 Å². The van der Waals surface area contributed by atoms with Gasteiger partial charge in [-0.25, -0.2) is 4.79 Å². The maximum atomic E-state index is 12.3. The molecule has 0 radical (unpaired) electrons. The zero-order valence-corrected chi connectivity index (χ0v) is 14.1. The van der Waals surface area contributed by atoms with Gasteiger partial charge in [0.1, 0.15) is 0 Å². The topological polar surface area (TPSA) is 67.4 Å². The van der Waals surface area contributed by atoms with E-state index in [1.54, 1.807) is 24.3 Å². The van der Waals surface area contributed by atoms with Crippen molar-refractivity contribution in [3.63, 3.8) is 0 Å². The molecule has 2 amide bonds. The molecule has 25 heavy (non-hydrogen) atoms. The first-order valence-corrected chi connectivity index (χ1v) is 8.13. The highest BCUT2D eigenvalue weighted by Crippen LogP contribution is 2.25. The number of rotatable bonds is 6. The largest absolute Gasteiger partial charge is 0.453 e. The molecular formula is C17H16F2N2O3S. The van der Waals surface area contributed by atoms with Crippen molar-refractivity contribution < 1.29 is 23.1 Å². The maximum absolute atomic E-state index is 12.3. The third-order valence-electron chi connectivity index (χ3n) is 3.18. The van der Waals surface area contributed by atoms with Crippen LogP contribution in [0.3, 0.4) is 0 Å². The summed E-state index contributed by atoms with van der Waals surface area (Å²) >= 11 is 0.432. The molecule has 5 nitrogen and oxygen atoms in total. The Morgan fingerprint density at radius 1 is 1.08 bits per heavy atom. The van der Waals surface area contributed by atoms with Gasteiger partial charge in [-0.1, -0.05) is 23.9 Å². The number of carbonyl (C=O) groups excluding carboxylic acids is 2. The molecule has 0 fully saturated rings. The fourth-order valence-corrected chi connectivity index (χ4v) is 2.45. The van der Waals surface area contributed by atoms with Crippen LogP contribution in [-0.2, 0) is 11.3 Å². The second-order valence-electron chi connectivity index (χ2n) is 4.90. The molecule has 2 N–H and O–H groups in total. The van der Waals surface area contributed by atoms with Crippen LogP contribution < -0.4 is 10.6 Å². The predicted molar refractivity (Wildman–Crippen MR) is 91.9 cm³/mol. The van der Waals surface area contributed by atoms with E-state index in [1.807, 2.05) is 0 Å². The van der Waals surface area contributed by atoms with E-state index in [2.05, 4.69) is 15.4 Å². The van der Waals surface area contributed by atoms with Gasteiger partial charge in [0.05, 0.1) is 7.11 Å². The van der Waals surface area contributed by atoms with Gasteiger partial charge in [0.2, 0.25) is 0 Å². The lowest BCUT2D eigenvalue weighted by Gasteiger charge is -2.08. The number of anilines is 1. The van der Waals surface area contributed by atoms with E-state index in [4.69, 9.17) is 0 Å². The molecular weight excluding hydrogens is 350 g/mol. The fourth-order valence-electron chi connectivity index (χ4n) is 1.95. The van der Waals surface area contributed by atoms with Crippen molar-refractivity contribution in [3.8, 4) is 0 Å². The summed E-state index contributed by atoms with van der Waals surface area (Å²) in [7, 11) is 1.28. The molecule has 2 rings (SSSR count). The van der Waals surface area contributed by atoms with E-state index in [-0.39, 0.29) is 5.91 Å². The minimum atomic E-state index is -2.49. The molecule has 0 aliphatic carbocycles. The molecule has 132 valence electrons. The van der Waals surface area contributed by atoms with E-state index in [0.29, 0.717) is 34.5 Å². The molecule has 2 aromatic carbocycles. The summed E-state index contributed by atoms with van der Waals surface area (Å²) in [6.07, 6.45) is -0.561. The second-order valence-corrected chi connectivity index (χ2v) is 5.96. The summed E-state index contributed by atoms with van der Waals surface area (Å²) in [5.74, 6) is -2.79. The number of benzene rings is 2. The number of amides is 2. The molecule has 0 atom stereocenters. The SMILES string of the molecule is COC(=O)Nc1ccc(CNC(=O)c2ccc(SC(F)F)cc2)cc1. The number of hydrogen-bond acceptors (Lipinski definition) is 4. The van der Waals surface area contributed by atoms with Gasteiger partial charge in [-0.3, -0.25) is 10.1 Å². The molecule has 0 bridgehead atoms. The summed E-state index contributed by atoms with van der Waals surface area (Å²) in [6, 6.07) is 12.9. The van der Waals surface area contributed by atoms with Crippen molar-refractivity contribution in [1.29, 1.82) is 0 Å². The molecule has 0 aliphatic rings. The summed E-state index contributed by atoms with van der Waals surface area (Å²) in [5, 5.41) is 5.27. The molecule has 8 heteroatoms. The molecule has 0 aliphatic heterocycles. The third-order valence-corrected chi connectivity index (χ3v) is 3.90. The van der Waals surface area contributed by atoms with Crippen molar-refractivity contribution >= 4 is 29.4 Å². The van der Waals surface area contributed by atoms with Gasteiger partial charge in [0, 0.05) is 22.7 Å². The van der Waals surface area contributed by atoms with Gasteiger partial charge >= 0.3 is 6.09 Å². The van der Waals surface area contributed by atoms with Crippen molar-refractivity contribution in [2.75, 3.05) is 12.4 Å². The van der Waals surface area contributed by atoms with Crippen LogP contribution in [0, 0.1) is 0 Å². The average Bonchev–Trinajstić information content (AvgIpc) is 2.61. The fraction of sp³-hybridized carbons (Fsp3) is 0.176. The quantitative estimate of drug-likeness (QED) is 0.755. The lowest BCUT2D eigenvalue weighted by atomic mass is 10.2. The number of hydrogen-bond donors (Lipinski definition) is 2. The summed E-state index contributed by atoms with van der Waals surface area (Å²) in [4.78, 5) is 23.6. The minimum absolute atomic E-state index is 0.297. The summed E-state index contributed by atoms with van der Waals surface area (Å²) in [5.41, 5.74) is 1.81. The van der Waals surface area contributed by atoms with Crippen molar-refractivity contribution in [2.24, 2.45) is 0 Å². The number of nitrogens with one attached hydrogen (secondary N) is 2. The van der Waals surface area contributed by atoms with Crippen LogP contribution >= 0.6 is 11.8 Å². The first-order valence-electron chi connectivity index (χ1n) is 7.25. The molecule has 0 spiro atoms. The normalized spacial score (nSPS) is 10.4. The van der Waals surface area contributed by atoms with E-state index in [0.717, 1.165) is 5.56 Å². The molecule has 0 saturated carbocycles. The highest BCUT2D eigenvalue weighted by molar-refractivity contribution is 7.99. The monoisotopic (exact) mass is 366 g/mol. The van der Waals surface area contributed by atoms with Crippen LogP contribution in [0.2, 0.25) is 0 Å². The number of ether oxygens (including phenoxy) is 1. The molecule has 0 saturated heterocycles. The zero-order chi connectivity index (χ0) is 18.2. The maximum Gasteiger partial charge on any atom is 0.411 e. The van der Waals surface area contributed by atoms with Gasteiger partial charge in [0.25, 0.3) is 11.7 Å².